The lowest BCUT2D eigenvalue weighted by molar-refractivity contribution is -0.118. The van der Waals surface area contributed by atoms with Crippen molar-refractivity contribution in [3.8, 4) is 5.75 Å². The van der Waals surface area contributed by atoms with Crippen molar-refractivity contribution in [3.05, 3.63) is 57.5 Å². The third-order valence-electron chi connectivity index (χ3n) is 3.25. The molecule has 2 amide bonds. The second kappa shape index (κ2) is 10.2. The van der Waals surface area contributed by atoms with Crippen molar-refractivity contribution >= 4 is 45.0 Å². The number of methoxy groups -OCH3 is 1. The van der Waals surface area contributed by atoms with Gasteiger partial charge < -0.3 is 20.1 Å². The molecular formula is C18H18BrClN2O4. The molecule has 0 spiro atoms. The zero-order valence-corrected chi connectivity index (χ0v) is 16.4. The monoisotopic (exact) mass is 440 g/mol. The molecule has 0 saturated carbocycles. The minimum Gasteiger partial charge on any atom is -0.483 e. The second-order valence-electron chi connectivity index (χ2n) is 5.24. The molecular weight excluding hydrogens is 424 g/mol. The molecule has 138 valence electrons. The van der Waals surface area contributed by atoms with Gasteiger partial charge in [-0.15, -0.1) is 0 Å². The van der Waals surface area contributed by atoms with E-state index in [2.05, 4.69) is 26.6 Å². The van der Waals surface area contributed by atoms with Crippen molar-refractivity contribution in [1.82, 2.24) is 5.32 Å². The average molecular weight is 442 g/mol. The van der Waals surface area contributed by atoms with Crippen molar-refractivity contribution in [2.75, 3.05) is 32.2 Å². The Morgan fingerprint density at radius 1 is 1.19 bits per heavy atom. The van der Waals surface area contributed by atoms with Gasteiger partial charge in [0.25, 0.3) is 11.8 Å². The predicted octanol–water partition coefficient (Wildman–Crippen LogP) is 3.50. The van der Waals surface area contributed by atoms with Gasteiger partial charge in [-0.3, -0.25) is 9.59 Å². The van der Waals surface area contributed by atoms with Gasteiger partial charge >= 0.3 is 0 Å². The molecule has 2 aromatic carbocycles. The van der Waals surface area contributed by atoms with Crippen molar-refractivity contribution in [2.24, 2.45) is 0 Å². The van der Waals surface area contributed by atoms with E-state index in [1.54, 1.807) is 49.6 Å². The summed E-state index contributed by atoms with van der Waals surface area (Å²) in [5.41, 5.74) is 0.952. The third-order valence-corrected chi connectivity index (χ3v) is 4.11. The molecule has 0 atom stereocenters. The van der Waals surface area contributed by atoms with E-state index in [0.717, 1.165) is 0 Å². The van der Waals surface area contributed by atoms with Crippen molar-refractivity contribution in [1.29, 1.82) is 0 Å². The number of anilines is 1. The fourth-order valence-electron chi connectivity index (χ4n) is 2.04. The summed E-state index contributed by atoms with van der Waals surface area (Å²) in [6, 6.07) is 11.7. The fourth-order valence-corrected chi connectivity index (χ4v) is 2.84. The maximum atomic E-state index is 12.1. The molecule has 0 bridgehead atoms. The lowest BCUT2D eigenvalue weighted by atomic mass is 10.2. The Labute approximate surface area is 164 Å². The highest BCUT2D eigenvalue weighted by Gasteiger charge is 2.09. The van der Waals surface area contributed by atoms with Crippen LogP contribution in [0.2, 0.25) is 5.02 Å². The molecule has 2 rings (SSSR count). The summed E-state index contributed by atoms with van der Waals surface area (Å²) >= 11 is 9.18. The summed E-state index contributed by atoms with van der Waals surface area (Å²) in [6.07, 6.45) is 0. The van der Waals surface area contributed by atoms with E-state index in [1.807, 2.05) is 0 Å². The smallest absolute Gasteiger partial charge is 0.262 e. The Kier molecular flexibility index (Phi) is 7.90. The van der Waals surface area contributed by atoms with E-state index >= 15 is 0 Å². The standard InChI is InChI=1S/C18H18BrClN2O4/c1-25-8-7-21-18(24)12-3-2-4-14(9-12)22-17(23)11-26-16-6-5-13(20)10-15(16)19/h2-6,9-10H,7-8,11H2,1H3,(H,21,24)(H,22,23). The Hall–Kier alpha value is -2.09. The summed E-state index contributed by atoms with van der Waals surface area (Å²) in [6.45, 7) is 0.667. The SMILES string of the molecule is COCCNC(=O)c1cccc(NC(=O)COc2ccc(Cl)cc2Br)c1. The fraction of sp³-hybridized carbons (Fsp3) is 0.222. The van der Waals surface area contributed by atoms with Crippen LogP contribution < -0.4 is 15.4 Å². The normalized spacial score (nSPS) is 10.3. The molecule has 0 aromatic heterocycles. The lowest BCUT2D eigenvalue weighted by Crippen LogP contribution is -2.27. The maximum absolute atomic E-state index is 12.1. The first kappa shape index (κ1) is 20.2. The Morgan fingerprint density at radius 2 is 2.00 bits per heavy atom. The summed E-state index contributed by atoms with van der Waals surface area (Å²) in [4.78, 5) is 24.1. The zero-order chi connectivity index (χ0) is 18.9. The molecule has 0 aliphatic rings. The van der Waals surface area contributed by atoms with Crippen LogP contribution in [0.15, 0.2) is 46.9 Å². The molecule has 2 N–H and O–H groups in total. The van der Waals surface area contributed by atoms with Crippen LogP contribution in [0.5, 0.6) is 5.75 Å². The van der Waals surface area contributed by atoms with Crippen LogP contribution in [0, 0.1) is 0 Å². The molecule has 0 fully saturated rings. The number of carbonyl (C=O) groups excluding carboxylic acids is 2. The van der Waals surface area contributed by atoms with Gasteiger partial charge in [0.1, 0.15) is 5.75 Å². The van der Waals surface area contributed by atoms with Crippen molar-refractivity contribution in [3.63, 3.8) is 0 Å². The number of hydrogen-bond donors (Lipinski definition) is 2. The third kappa shape index (κ3) is 6.33. The van der Waals surface area contributed by atoms with Crippen molar-refractivity contribution in [2.45, 2.75) is 0 Å². The van der Waals surface area contributed by atoms with Gasteiger partial charge in [-0.1, -0.05) is 17.7 Å². The molecule has 0 aliphatic heterocycles. The summed E-state index contributed by atoms with van der Waals surface area (Å²) in [5.74, 6) is -0.0703. The number of halogens is 2. The zero-order valence-electron chi connectivity index (χ0n) is 14.1. The highest BCUT2D eigenvalue weighted by atomic mass is 79.9. The second-order valence-corrected chi connectivity index (χ2v) is 6.53. The van der Waals surface area contributed by atoms with E-state index in [0.29, 0.717) is 39.6 Å². The quantitative estimate of drug-likeness (QED) is 0.615. The topological polar surface area (TPSA) is 76.7 Å². The molecule has 2 aromatic rings. The number of amides is 2. The van der Waals surface area contributed by atoms with Gasteiger partial charge in [0, 0.05) is 29.9 Å². The first-order chi connectivity index (χ1) is 12.5. The van der Waals surface area contributed by atoms with Crippen LogP contribution in [0.4, 0.5) is 5.69 Å². The van der Waals surface area contributed by atoms with E-state index in [4.69, 9.17) is 21.1 Å². The van der Waals surface area contributed by atoms with Gasteiger partial charge in [-0.25, -0.2) is 0 Å². The van der Waals surface area contributed by atoms with Crippen LogP contribution in [0.25, 0.3) is 0 Å². The number of ether oxygens (including phenoxy) is 2. The minimum absolute atomic E-state index is 0.176. The minimum atomic E-state index is -0.344. The number of benzene rings is 2. The van der Waals surface area contributed by atoms with Gasteiger partial charge in [0.05, 0.1) is 11.1 Å². The van der Waals surface area contributed by atoms with Crippen LogP contribution in [-0.2, 0) is 9.53 Å². The molecule has 26 heavy (non-hydrogen) atoms. The van der Waals surface area contributed by atoms with Crippen LogP contribution >= 0.6 is 27.5 Å². The Morgan fingerprint density at radius 3 is 2.73 bits per heavy atom. The molecule has 0 saturated heterocycles. The molecule has 0 heterocycles. The average Bonchev–Trinajstić information content (AvgIpc) is 2.61. The number of carbonyl (C=O) groups is 2. The first-order valence-electron chi connectivity index (χ1n) is 7.74. The van der Waals surface area contributed by atoms with Gasteiger partial charge in [-0.05, 0) is 52.3 Å². The van der Waals surface area contributed by atoms with E-state index in [1.165, 1.54) is 0 Å². The van der Waals surface area contributed by atoms with E-state index in [-0.39, 0.29) is 18.4 Å². The number of rotatable bonds is 8. The number of hydrogen-bond acceptors (Lipinski definition) is 4. The first-order valence-corrected chi connectivity index (χ1v) is 8.91. The summed E-state index contributed by atoms with van der Waals surface area (Å²) in [5, 5.41) is 5.98. The largest absolute Gasteiger partial charge is 0.483 e. The highest BCUT2D eigenvalue weighted by Crippen LogP contribution is 2.27. The van der Waals surface area contributed by atoms with E-state index < -0.39 is 0 Å². The molecule has 8 heteroatoms. The van der Waals surface area contributed by atoms with Crippen LogP contribution in [-0.4, -0.2) is 38.7 Å². The lowest BCUT2D eigenvalue weighted by Gasteiger charge is -2.10. The Balaban J connectivity index is 1.90. The molecule has 6 nitrogen and oxygen atoms in total. The van der Waals surface area contributed by atoms with E-state index in [9.17, 15) is 9.59 Å². The van der Waals surface area contributed by atoms with Crippen molar-refractivity contribution < 1.29 is 19.1 Å². The van der Waals surface area contributed by atoms with Gasteiger partial charge in [-0.2, -0.15) is 0 Å². The summed E-state index contributed by atoms with van der Waals surface area (Å²) < 4.78 is 11.0. The van der Waals surface area contributed by atoms with Crippen LogP contribution in [0.3, 0.4) is 0 Å². The molecule has 0 aliphatic carbocycles. The van der Waals surface area contributed by atoms with Crippen LogP contribution in [0.1, 0.15) is 10.4 Å². The Bertz CT molecular complexity index is 786. The predicted molar refractivity (Wildman–Crippen MR) is 104 cm³/mol. The van der Waals surface area contributed by atoms with Gasteiger partial charge in [0.2, 0.25) is 0 Å². The number of nitrogens with one attached hydrogen (secondary N) is 2. The maximum Gasteiger partial charge on any atom is 0.262 e. The molecule has 0 unspecified atom stereocenters. The highest BCUT2D eigenvalue weighted by molar-refractivity contribution is 9.10. The molecule has 0 radical (unpaired) electrons. The summed E-state index contributed by atoms with van der Waals surface area (Å²) in [7, 11) is 1.56. The van der Waals surface area contributed by atoms with Gasteiger partial charge in [0.15, 0.2) is 6.61 Å².